The van der Waals surface area contributed by atoms with E-state index in [9.17, 15) is 4.79 Å². The van der Waals surface area contributed by atoms with Crippen LogP contribution in [0.2, 0.25) is 0 Å². The quantitative estimate of drug-likeness (QED) is 0.816. The van der Waals surface area contributed by atoms with Gasteiger partial charge in [-0.3, -0.25) is 9.69 Å². The Kier molecular flexibility index (Phi) is 5.14. The third-order valence-electron chi connectivity index (χ3n) is 5.19. The average molecular weight is 295 g/mol. The summed E-state index contributed by atoms with van der Waals surface area (Å²) in [4.78, 5) is 17.0. The van der Waals surface area contributed by atoms with Crippen LogP contribution in [0.5, 0.6) is 0 Å². The van der Waals surface area contributed by atoms with Gasteiger partial charge in [-0.2, -0.15) is 0 Å². The van der Waals surface area contributed by atoms with Crippen LogP contribution in [0.4, 0.5) is 0 Å². The van der Waals surface area contributed by atoms with E-state index >= 15 is 0 Å². The van der Waals surface area contributed by atoms with Crippen molar-refractivity contribution < 1.29 is 9.53 Å². The minimum atomic E-state index is 0.204. The Labute approximate surface area is 128 Å². The van der Waals surface area contributed by atoms with Gasteiger partial charge in [0.15, 0.2) is 0 Å². The van der Waals surface area contributed by atoms with Crippen LogP contribution in [-0.2, 0) is 9.53 Å². The Hall–Kier alpha value is -0.650. The molecule has 0 aromatic rings. The van der Waals surface area contributed by atoms with Crippen LogP contribution >= 0.6 is 0 Å². The molecule has 0 radical (unpaired) electrons. The van der Waals surface area contributed by atoms with Crippen molar-refractivity contribution in [3.63, 3.8) is 0 Å². The second-order valence-corrected chi connectivity index (χ2v) is 6.82. The number of likely N-dealkylation sites (tertiary alicyclic amines) is 2. The van der Waals surface area contributed by atoms with Crippen LogP contribution in [0.25, 0.3) is 0 Å². The van der Waals surface area contributed by atoms with Crippen molar-refractivity contribution in [1.29, 1.82) is 0 Å². The minimum absolute atomic E-state index is 0.204. The predicted molar refractivity (Wildman–Crippen MR) is 82.2 cm³/mol. The standard InChI is InChI=1S/C16H29N3O2/c1-21-15-6-8-18(9-7-15)12-16(20)17-13-4-10-19(11-5-13)14-2-3-14/h13-15H,2-12H2,1H3,(H,17,20). The lowest BCUT2D eigenvalue weighted by atomic mass is 10.0. The van der Waals surface area contributed by atoms with Crippen molar-refractivity contribution in [3.8, 4) is 0 Å². The zero-order valence-corrected chi connectivity index (χ0v) is 13.2. The third-order valence-corrected chi connectivity index (χ3v) is 5.19. The summed E-state index contributed by atoms with van der Waals surface area (Å²) in [5.74, 6) is 0.204. The van der Waals surface area contributed by atoms with E-state index in [-0.39, 0.29) is 5.91 Å². The average Bonchev–Trinajstić information content (AvgIpc) is 3.33. The van der Waals surface area contributed by atoms with E-state index in [4.69, 9.17) is 4.74 Å². The topological polar surface area (TPSA) is 44.8 Å². The molecule has 0 unspecified atom stereocenters. The van der Waals surface area contributed by atoms with Gasteiger partial charge in [-0.15, -0.1) is 0 Å². The van der Waals surface area contributed by atoms with Gasteiger partial charge in [-0.1, -0.05) is 0 Å². The molecule has 0 aromatic heterocycles. The molecule has 1 saturated carbocycles. The smallest absolute Gasteiger partial charge is 0.234 e. The summed E-state index contributed by atoms with van der Waals surface area (Å²) in [7, 11) is 1.78. The number of rotatable bonds is 5. The number of carbonyl (C=O) groups is 1. The first-order valence-electron chi connectivity index (χ1n) is 8.53. The molecule has 5 nitrogen and oxygen atoms in total. The van der Waals surface area contributed by atoms with E-state index in [2.05, 4.69) is 15.1 Å². The molecule has 1 amide bonds. The van der Waals surface area contributed by atoms with Gasteiger partial charge >= 0.3 is 0 Å². The molecule has 21 heavy (non-hydrogen) atoms. The Bertz CT molecular complexity index is 343. The number of hydrogen-bond acceptors (Lipinski definition) is 4. The van der Waals surface area contributed by atoms with Crippen LogP contribution in [0.1, 0.15) is 38.5 Å². The van der Waals surface area contributed by atoms with Gasteiger partial charge in [-0.05, 0) is 38.5 Å². The summed E-state index contributed by atoms with van der Waals surface area (Å²) in [5.41, 5.74) is 0. The normalized spacial score (nSPS) is 26.9. The third kappa shape index (κ3) is 4.41. The zero-order chi connectivity index (χ0) is 14.7. The van der Waals surface area contributed by atoms with Crippen LogP contribution in [0, 0.1) is 0 Å². The molecule has 2 heterocycles. The first kappa shape index (κ1) is 15.3. The number of ether oxygens (including phenoxy) is 1. The van der Waals surface area contributed by atoms with Gasteiger partial charge < -0.3 is 15.0 Å². The van der Waals surface area contributed by atoms with E-state index in [1.165, 1.54) is 12.8 Å². The zero-order valence-electron chi connectivity index (χ0n) is 13.2. The summed E-state index contributed by atoms with van der Waals surface area (Å²) in [6, 6.07) is 1.26. The lowest BCUT2D eigenvalue weighted by Crippen LogP contribution is -2.49. The Morgan fingerprint density at radius 3 is 2.29 bits per heavy atom. The van der Waals surface area contributed by atoms with Crippen LogP contribution in [-0.4, -0.2) is 73.7 Å². The molecule has 0 aromatic carbocycles. The largest absolute Gasteiger partial charge is 0.381 e. The van der Waals surface area contributed by atoms with Gasteiger partial charge in [0.05, 0.1) is 12.6 Å². The number of methoxy groups -OCH3 is 1. The fourth-order valence-corrected chi connectivity index (χ4v) is 3.63. The molecular weight excluding hydrogens is 266 g/mol. The van der Waals surface area contributed by atoms with E-state index in [1.54, 1.807) is 7.11 Å². The van der Waals surface area contributed by atoms with E-state index < -0.39 is 0 Å². The SMILES string of the molecule is COC1CCN(CC(=O)NC2CCN(C3CC3)CC2)CC1. The number of carbonyl (C=O) groups excluding carboxylic acids is 1. The van der Waals surface area contributed by atoms with E-state index in [1.807, 2.05) is 0 Å². The van der Waals surface area contributed by atoms with Crippen LogP contribution in [0.15, 0.2) is 0 Å². The fraction of sp³-hybridized carbons (Fsp3) is 0.938. The molecule has 120 valence electrons. The van der Waals surface area contributed by atoms with Crippen molar-refractivity contribution >= 4 is 5.91 Å². The van der Waals surface area contributed by atoms with Crippen LogP contribution < -0.4 is 5.32 Å². The Morgan fingerprint density at radius 2 is 1.71 bits per heavy atom. The maximum atomic E-state index is 12.2. The molecule has 1 N–H and O–H groups in total. The van der Waals surface area contributed by atoms with Crippen molar-refractivity contribution in [2.75, 3.05) is 39.8 Å². The van der Waals surface area contributed by atoms with Gasteiger partial charge in [0.25, 0.3) is 0 Å². The highest BCUT2D eigenvalue weighted by Gasteiger charge is 2.32. The fourth-order valence-electron chi connectivity index (χ4n) is 3.63. The summed E-state index contributed by atoms with van der Waals surface area (Å²) in [6.45, 7) is 4.83. The van der Waals surface area contributed by atoms with E-state index in [0.717, 1.165) is 57.9 Å². The number of piperidine rings is 2. The molecule has 3 aliphatic rings. The molecule has 2 aliphatic heterocycles. The number of nitrogens with zero attached hydrogens (tertiary/aromatic N) is 2. The minimum Gasteiger partial charge on any atom is -0.381 e. The molecule has 0 atom stereocenters. The number of nitrogens with one attached hydrogen (secondary N) is 1. The van der Waals surface area contributed by atoms with E-state index in [0.29, 0.717) is 18.7 Å². The Balaban J connectivity index is 1.33. The van der Waals surface area contributed by atoms with Gasteiger partial charge in [0, 0.05) is 45.4 Å². The molecule has 3 fully saturated rings. The van der Waals surface area contributed by atoms with Crippen molar-refractivity contribution in [3.05, 3.63) is 0 Å². The molecule has 0 spiro atoms. The molecule has 2 saturated heterocycles. The lowest BCUT2D eigenvalue weighted by molar-refractivity contribution is -0.123. The predicted octanol–water partition coefficient (Wildman–Crippen LogP) is 0.840. The molecular formula is C16H29N3O2. The lowest BCUT2D eigenvalue weighted by Gasteiger charge is -2.34. The van der Waals surface area contributed by atoms with Gasteiger partial charge in [0.2, 0.25) is 5.91 Å². The molecule has 1 aliphatic carbocycles. The highest BCUT2D eigenvalue weighted by atomic mass is 16.5. The highest BCUT2D eigenvalue weighted by Crippen LogP contribution is 2.29. The monoisotopic (exact) mass is 295 g/mol. The first-order chi connectivity index (χ1) is 10.2. The summed E-state index contributed by atoms with van der Waals surface area (Å²) >= 11 is 0. The van der Waals surface area contributed by atoms with Crippen LogP contribution in [0.3, 0.4) is 0 Å². The molecule has 5 heteroatoms. The summed E-state index contributed by atoms with van der Waals surface area (Å²) in [6.07, 6.45) is 7.48. The molecule has 0 bridgehead atoms. The first-order valence-corrected chi connectivity index (χ1v) is 8.53. The van der Waals surface area contributed by atoms with Crippen molar-refractivity contribution in [2.45, 2.75) is 56.7 Å². The Morgan fingerprint density at radius 1 is 1.05 bits per heavy atom. The maximum absolute atomic E-state index is 12.2. The second-order valence-electron chi connectivity index (χ2n) is 6.82. The summed E-state index contributed by atoms with van der Waals surface area (Å²) in [5, 5.41) is 3.23. The number of amides is 1. The second kappa shape index (κ2) is 7.07. The van der Waals surface area contributed by atoms with Crippen molar-refractivity contribution in [1.82, 2.24) is 15.1 Å². The number of hydrogen-bond donors (Lipinski definition) is 1. The summed E-state index contributed by atoms with van der Waals surface area (Å²) < 4.78 is 5.37. The van der Waals surface area contributed by atoms with Gasteiger partial charge in [0.1, 0.15) is 0 Å². The van der Waals surface area contributed by atoms with Gasteiger partial charge in [-0.25, -0.2) is 0 Å². The molecule has 3 rings (SSSR count). The maximum Gasteiger partial charge on any atom is 0.234 e. The highest BCUT2D eigenvalue weighted by molar-refractivity contribution is 5.78. The van der Waals surface area contributed by atoms with Crippen molar-refractivity contribution in [2.24, 2.45) is 0 Å².